The Morgan fingerprint density at radius 2 is 1.93 bits per heavy atom. The maximum absolute atomic E-state index is 13.4. The van der Waals surface area contributed by atoms with E-state index in [1.165, 1.54) is 0 Å². The summed E-state index contributed by atoms with van der Waals surface area (Å²) in [6, 6.07) is 9.67. The van der Waals surface area contributed by atoms with Gasteiger partial charge in [0.05, 0.1) is 5.69 Å². The van der Waals surface area contributed by atoms with Crippen LogP contribution in [-0.4, -0.2) is 45.9 Å². The number of piperidine rings is 1. The van der Waals surface area contributed by atoms with Gasteiger partial charge in [-0.2, -0.15) is 0 Å². The molecule has 154 valence electrons. The summed E-state index contributed by atoms with van der Waals surface area (Å²) in [5.74, 6) is 0.816. The second kappa shape index (κ2) is 8.39. The van der Waals surface area contributed by atoms with Gasteiger partial charge in [-0.3, -0.25) is 9.59 Å². The zero-order chi connectivity index (χ0) is 20.4. The van der Waals surface area contributed by atoms with Gasteiger partial charge in [-0.05, 0) is 57.1 Å². The maximum Gasteiger partial charge on any atom is 0.289 e. The van der Waals surface area contributed by atoms with Crippen LogP contribution in [0.4, 0.5) is 5.69 Å². The van der Waals surface area contributed by atoms with Crippen LogP contribution < -0.4 is 4.90 Å². The number of fused-ring (bicyclic) bond motifs is 1. The first-order chi connectivity index (χ1) is 14.1. The zero-order valence-electron chi connectivity index (χ0n) is 17.4. The van der Waals surface area contributed by atoms with Gasteiger partial charge in [0.25, 0.3) is 11.8 Å². The molecule has 1 saturated heterocycles. The maximum atomic E-state index is 13.4. The number of amides is 2. The molecule has 0 aliphatic carbocycles. The van der Waals surface area contributed by atoms with Crippen LogP contribution in [-0.2, 0) is 13.0 Å². The van der Waals surface area contributed by atoms with Crippen LogP contribution in [0.15, 0.2) is 30.3 Å². The standard InChI is InChI=1S/C23H30N4O2/c1-3-26(18-11-5-4-6-12-18)22(28)20-19-13-7-8-15-27(19)21(24-20)23(29)25-14-9-10-17(2)16-25/h4-6,11-12,17H,3,7-10,13-16H2,1-2H3. The molecule has 2 aromatic rings. The monoisotopic (exact) mass is 394 g/mol. The summed E-state index contributed by atoms with van der Waals surface area (Å²) in [5.41, 5.74) is 2.23. The molecule has 1 aromatic heterocycles. The van der Waals surface area contributed by atoms with Crippen LogP contribution in [0.5, 0.6) is 0 Å². The van der Waals surface area contributed by atoms with E-state index in [9.17, 15) is 9.59 Å². The number of hydrogen-bond acceptors (Lipinski definition) is 3. The molecule has 2 aliphatic rings. The molecule has 4 rings (SSSR count). The highest BCUT2D eigenvalue weighted by Gasteiger charge is 2.32. The minimum atomic E-state index is -0.115. The molecule has 2 aliphatic heterocycles. The van der Waals surface area contributed by atoms with Gasteiger partial charge in [0.2, 0.25) is 0 Å². The molecule has 0 radical (unpaired) electrons. The number of benzene rings is 1. The average molecular weight is 395 g/mol. The fraction of sp³-hybridized carbons (Fsp3) is 0.522. The Balaban J connectivity index is 1.69. The van der Waals surface area contributed by atoms with E-state index in [2.05, 4.69) is 11.9 Å². The van der Waals surface area contributed by atoms with Gasteiger partial charge in [0, 0.05) is 31.9 Å². The lowest BCUT2D eigenvalue weighted by Gasteiger charge is -2.31. The van der Waals surface area contributed by atoms with Crippen molar-refractivity contribution in [2.24, 2.45) is 5.92 Å². The first kappa shape index (κ1) is 19.7. The van der Waals surface area contributed by atoms with Gasteiger partial charge in [0.15, 0.2) is 11.5 Å². The second-order valence-corrected chi connectivity index (χ2v) is 8.22. The van der Waals surface area contributed by atoms with Crippen molar-refractivity contribution in [3.8, 4) is 0 Å². The summed E-state index contributed by atoms with van der Waals surface area (Å²) in [4.78, 5) is 35.0. The number of anilines is 1. The number of nitrogens with zero attached hydrogens (tertiary/aromatic N) is 4. The summed E-state index contributed by atoms with van der Waals surface area (Å²) in [6.07, 6.45) is 5.03. The van der Waals surface area contributed by atoms with Crippen molar-refractivity contribution in [2.45, 2.75) is 52.5 Å². The number of rotatable bonds is 4. The number of likely N-dealkylation sites (tertiary alicyclic amines) is 1. The topological polar surface area (TPSA) is 58.4 Å². The molecule has 1 aromatic carbocycles. The van der Waals surface area contributed by atoms with Gasteiger partial charge in [-0.15, -0.1) is 0 Å². The molecular formula is C23H30N4O2. The third-order valence-corrected chi connectivity index (χ3v) is 6.09. The van der Waals surface area contributed by atoms with E-state index in [1.807, 2.05) is 46.7 Å². The lowest BCUT2D eigenvalue weighted by atomic mass is 10.0. The molecule has 0 spiro atoms. The normalized spacial score (nSPS) is 19.0. The van der Waals surface area contributed by atoms with E-state index >= 15 is 0 Å². The van der Waals surface area contributed by atoms with Crippen molar-refractivity contribution in [1.29, 1.82) is 0 Å². The van der Waals surface area contributed by atoms with Gasteiger partial charge < -0.3 is 14.4 Å². The van der Waals surface area contributed by atoms with Gasteiger partial charge >= 0.3 is 0 Å². The molecule has 0 saturated carbocycles. The van der Waals surface area contributed by atoms with Crippen LogP contribution in [0.1, 0.15) is 66.3 Å². The molecule has 1 atom stereocenters. The lowest BCUT2D eigenvalue weighted by Crippen LogP contribution is -2.40. The summed E-state index contributed by atoms with van der Waals surface area (Å²) in [6.45, 7) is 7.03. The lowest BCUT2D eigenvalue weighted by molar-refractivity contribution is 0.0664. The van der Waals surface area contributed by atoms with Crippen molar-refractivity contribution in [1.82, 2.24) is 14.5 Å². The predicted octanol–water partition coefficient (Wildman–Crippen LogP) is 3.76. The van der Waals surface area contributed by atoms with Crippen LogP contribution in [0.25, 0.3) is 0 Å². The number of imidazole rings is 1. The van der Waals surface area contributed by atoms with E-state index in [1.54, 1.807) is 4.90 Å². The molecule has 6 nitrogen and oxygen atoms in total. The van der Waals surface area contributed by atoms with Gasteiger partial charge in [-0.25, -0.2) is 4.98 Å². The Morgan fingerprint density at radius 3 is 2.66 bits per heavy atom. The SMILES string of the molecule is CCN(C(=O)c1nc(C(=O)N2CCCC(C)C2)n2c1CCCC2)c1ccccc1. The van der Waals surface area contributed by atoms with Crippen molar-refractivity contribution < 1.29 is 9.59 Å². The van der Waals surface area contributed by atoms with E-state index < -0.39 is 0 Å². The minimum absolute atomic E-state index is 0.0264. The van der Waals surface area contributed by atoms with E-state index in [-0.39, 0.29) is 11.8 Å². The largest absolute Gasteiger partial charge is 0.336 e. The smallest absolute Gasteiger partial charge is 0.289 e. The van der Waals surface area contributed by atoms with Crippen LogP contribution in [0.3, 0.4) is 0 Å². The van der Waals surface area contributed by atoms with E-state index in [0.29, 0.717) is 24.0 Å². The molecular weight excluding hydrogens is 364 g/mol. The second-order valence-electron chi connectivity index (χ2n) is 8.22. The Hall–Kier alpha value is -2.63. The fourth-order valence-electron chi connectivity index (χ4n) is 4.57. The quantitative estimate of drug-likeness (QED) is 0.793. The third-order valence-electron chi connectivity index (χ3n) is 6.09. The number of para-hydroxylation sites is 1. The molecule has 1 fully saturated rings. The van der Waals surface area contributed by atoms with Gasteiger partial charge in [0.1, 0.15) is 0 Å². The predicted molar refractivity (Wildman–Crippen MR) is 113 cm³/mol. The number of aromatic nitrogens is 2. The molecule has 2 amide bonds. The Morgan fingerprint density at radius 1 is 1.14 bits per heavy atom. The highest BCUT2D eigenvalue weighted by atomic mass is 16.2. The van der Waals surface area contributed by atoms with E-state index in [4.69, 9.17) is 0 Å². The molecule has 0 bridgehead atoms. The molecule has 6 heteroatoms. The van der Waals surface area contributed by atoms with Crippen LogP contribution >= 0.6 is 0 Å². The van der Waals surface area contributed by atoms with Crippen molar-refractivity contribution in [3.63, 3.8) is 0 Å². The molecule has 1 unspecified atom stereocenters. The first-order valence-electron chi connectivity index (χ1n) is 10.9. The van der Waals surface area contributed by atoms with Crippen LogP contribution in [0.2, 0.25) is 0 Å². The third kappa shape index (κ3) is 3.80. The highest BCUT2D eigenvalue weighted by molar-refractivity contribution is 6.06. The Labute approximate surface area is 172 Å². The number of carbonyl (C=O) groups is 2. The number of carbonyl (C=O) groups excluding carboxylic acids is 2. The molecule has 3 heterocycles. The van der Waals surface area contributed by atoms with Crippen molar-refractivity contribution in [2.75, 3.05) is 24.5 Å². The minimum Gasteiger partial charge on any atom is -0.336 e. The Bertz CT molecular complexity index is 890. The summed E-state index contributed by atoms with van der Waals surface area (Å²) in [7, 11) is 0. The highest BCUT2D eigenvalue weighted by Crippen LogP contribution is 2.26. The summed E-state index contributed by atoms with van der Waals surface area (Å²) >= 11 is 0. The Kier molecular flexibility index (Phi) is 5.69. The van der Waals surface area contributed by atoms with Crippen LogP contribution in [0, 0.1) is 5.92 Å². The van der Waals surface area contributed by atoms with Crippen molar-refractivity contribution in [3.05, 3.63) is 47.5 Å². The van der Waals surface area contributed by atoms with E-state index in [0.717, 1.165) is 63.1 Å². The zero-order valence-corrected chi connectivity index (χ0v) is 17.4. The molecule has 0 N–H and O–H groups in total. The molecule has 29 heavy (non-hydrogen) atoms. The average Bonchev–Trinajstić information content (AvgIpc) is 3.14. The fourth-order valence-corrected chi connectivity index (χ4v) is 4.57. The van der Waals surface area contributed by atoms with Gasteiger partial charge in [-0.1, -0.05) is 25.1 Å². The summed E-state index contributed by atoms with van der Waals surface area (Å²) in [5, 5.41) is 0. The van der Waals surface area contributed by atoms with Crippen molar-refractivity contribution >= 4 is 17.5 Å². The number of hydrogen-bond donors (Lipinski definition) is 0. The first-order valence-corrected chi connectivity index (χ1v) is 10.9. The summed E-state index contributed by atoms with van der Waals surface area (Å²) < 4.78 is 2.01.